The number of amides is 2. The quantitative estimate of drug-likeness (QED) is 0.382. The molecule has 168 valence electrons. The number of nitrogens with zero attached hydrogens (tertiary/aromatic N) is 1. The largest absolute Gasteiger partial charge is 0.484 e. The molecule has 4 aromatic rings. The fourth-order valence-corrected chi connectivity index (χ4v) is 3.18. The highest BCUT2D eigenvalue weighted by molar-refractivity contribution is 6.09. The fraction of sp³-hybridized carbons (Fsp3) is 0.0370. The van der Waals surface area contributed by atoms with E-state index in [0.717, 1.165) is 0 Å². The molecule has 0 saturated carbocycles. The number of rotatable bonds is 8. The third kappa shape index (κ3) is 5.92. The number of nitrogens with one attached hydrogen (secondary N) is 2. The van der Waals surface area contributed by atoms with Gasteiger partial charge in [-0.2, -0.15) is 0 Å². The number of ketones is 1. The average Bonchev–Trinajstić information content (AvgIpc) is 2.88. The Labute approximate surface area is 196 Å². The second-order valence-electron chi connectivity index (χ2n) is 7.33. The topological polar surface area (TPSA) is 97.4 Å². The van der Waals surface area contributed by atoms with E-state index in [9.17, 15) is 14.4 Å². The van der Waals surface area contributed by atoms with Gasteiger partial charge in [-0.05, 0) is 54.6 Å². The molecular formula is C27H21N3O4. The van der Waals surface area contributed by atoms with Gasteiger partial charge in [0.15, 0.2) is 12.4 Å². The molecule has 7 heteroatoms. The summed E-state index contributed by atoms with van der Waals surface area (Å²) in [6.45, 7) is -0.210. The van der Waals surface area contributed by atoms with Gasteiger partial charge in [-0.1, -0.05) is 36.4 Å². The minimum absolute atomic E-state index is 0.0830. The molecule has 0 fully saturated rings. The maximum absolute atomic E-state index is 12.5. The van der Waals surface area contributed by atoms with Crippen molar-refractivity contribution >= 4 is 29.0 Å². The van der Waals surface area contributed by atoms with E-state index in [0.29, 0.717) is 33.8 Å². The van der Waals surface area contributed by atoms with Crippen LogP contribution in [0.2, 0.25) is 0 Å². The van der Waals surface area contributed by atoms with E-state index < -0.39 is 0 Å². The third-order valence-electron chi connectivity index (χ3n) is 4.85. The Hall–Kier alpha value is -4.78. The molecule has 0 aliphatic carbocycles. The van der Waals surface area contributed by atoms with Crippen molar-refractivity contribution in [2.75, 3.05) is 17.2 Å². The molecule has 0 atom stereocenters. The molecule has 0 unspecified atom stereocenters. The number of carbonyl (C=O) groups is 3. The van der Waals surface area contributed by atoms with Crippen LogP contribution in [-0.4, -0.2) is 29.2 Å². The van der Waals surface area contributed by atoms with Crippen molar-refractivity contribution in [3.05, 3.63) is 120 Å². The summed E-state index contributed by atoms with van der Waals surface area (Å²) in [6, 6.07) is 25.8. The lowest BCUT2D eigenvalue weighted by Gasteiger charge is -2.10. The molecule has 0 bridgehead atoms. The lowest BCUT2D eigenvalue weighted by molar-refractivity contribution is -0.118. The number of ether oxygens (including phenoxy) is 1. The van der Waals surface area contributed by atoms with Crippen molar-refractivity contribution in [1.29, 1.82) is 0 Å². The fourth-order valence-electron chi connectivity index (χ4n) is 3.18. The first-order chi connectivity index (χ1) is 16.6. The summed E-state index contributed by atoms with van der Waals surface area (Å²) in [7, 11) is 0. The molecule has 2 amide bonds. The summed E-state index contributed by atoms with van der Waals surface area (Å²) in [6.07, 6.45) is 3.07. The Morgan fingerprint density at radius 3 is 2.09 bits per heavy atom. The monoisotopic (exact) mass is 451 g/mol. The maximum atomic E-state index is 12.5. The second-order valence-corrected chi connectivity index (χ2v) is 7.33. The molecule has 3 aromatic carbocycles. The van der Waals surface area contributed by atoms with Gasteiger partial charge in [-0.25, -0.2) is 0 Å². The molecule has 4 rings (SSSR count). The predicted octanol–water partition coefficient (Wildman–Crippen LogP) is 4.58. The smallest absolute Gasteiger partial charge is 0.262 e. The number of carbonyl (C=O) groups excluding carboxylic acids is 3. The zero-order chi connectivity index (χ0) is 23.8. The number of hydrogen-bond acceptors (Lipinski definition) is 5. The van der Waals surface area contributed by atoms with Crippen molar-refractivity contribution in [3.63, 3.8) is 0 Å². The van der Waals surface area contributed by atoms with Crippen LogP contribution < -0.4 is 15.4 Å². The van der Waals surface area contributed by atoms with Crippen molar-refractivity contribution in [1.82, 2.24) is 4.98 Å². The van der Waals surface area contributed by atoms with E-state index in [4.69, 9.17) is 4.74 Å². The summed E-state index contributed by atoms with van der Waals surface area (Å²) < 4.78 is 5.53. The van der Waals surface area contributed by atoms with Gasteiger partial charge in [0, 0.05) is 34.9 Å². The highest BCUT2D eigenvalue weighted by Crippen LogP contribution is 2.18. The minimum Gasteiger partial charge on any atom is -0.484 e. The molecule has 0 radical (unpaired) electrons. The molecule has 0 aliphatic rings. The molecular weight excluding hydrogens is 430 g/mol. The van der Waals surface area contributed by atoms with E-state index in [2.05, 4.69) is 15.6 Å². The van der Waals surface area contributed by atoms with Gasteiger partial charge in [0.2, 0.25) is 0 Å². The SMILES string of the molecule is O=C(COc1ccc(C(=O)c2ccccc2)cc1)Nc1cccc(NC(=O)c2cccnc2)c1. The van der Waals surface area contributed by atoms with Crippen LogP contribution in [0.15, 0.2) is 103 Å². The highest BCUT2D eigenvalue weighted by Gasteiger charge is 2.10. The van der Waals surface area contributed by atoms with Crippen LogP contribution in [0.4, 0.5) is 11.4 Å². The minimum atomic E-state index is -0.361. The lowest BCUT2D eigenvalue weighted by atomic mass is 10.0. The van der Waals surface area contributed by atoms with Gasteiger partial charge in [-0.3, -0.25) is 19.4 Å². The van der Waals surface area contributed by atoms with E-state index in [1.165, 1.54) is 6.20 Å². The molecule has 1 heterocycles. The summed E-state index contributed by atoms with van der Waals surface area (Å²) in [5.41, 5.74) is 2.62. The van der Waals surface area contributed by atoms with Crippen molar-refractivity contribution in [2.24, 2.45) is 0 Å². The number of benzene rings is 3. The molecule has 7 nitrogen and oxygen atoms in total. The Bertz CT molecular complexity index is 1290. The van der Waals surface area contributed by atoms with Crippen LogP contribution >= 0.6 is 0 Å². The lowest BCUT2D eigenvalue weighted by Crippen LogP contribution is -2.20. The van der Waals surface area contributed by atoms with Gasteiger partial charge >= 0.3 is 0 Å². The number of anilines is 2. The van der Waals surface area contributed by atoms with Crippen LogP contribution in [0.3, 0.4) is 0 Å². The molecule has 1 aromatic heterocycles. The molecule has 2 N–H and O–H groups in total. The van der Waals surface area contributed by atoms with E-state index in [1.54, 1.807) is 79.0 Å². The van der Waals surface area contributed by atoms with E-state index >= 15 is 0 Å². The first-order valence-corrected chi connectivity index (χ1v) is 10.5. The molecule has 0 saturated heterocycles. The zero-order valence-corrected chi connectivity index (χ0v) is 18.1. The normalized spacial score (nSPS) is 10.2. The van der Waals surface area contributed by atoms with Crippen LogP contribution in [0.25, 0.3) is 0 Å². The Morgan fingerprint density at radius 2 is 1.38 bits per heavy atom. The predicted molar refractivity (Wildman–Crippen MR) is 129 cm³/mol. The van der Waals surface area contributed by atoms with Crippen molar-refractivity contribution in [3.8, 4) is 5.75 Å². The number of hydrogen-bond donors (Lipinski definition) is 2. The second kappa shape index (κ2) is 10.7. The van der Waals surface area contributed by atoms with Crippen LogP contribution in [-0.2, 0) is 4.79 Å². The summed E-state index contributed by atoms with van der Waals surface area (Å²) in [5.74, 6) is -0.271. The molecule has 34 heavy (non-hydrogen) atoms. The van der Waals surface area contributed by atoms with Gasteiger partial charge in [0.05, 0.1) is 5.56 Å². The Balaban J connectivity index is 1.30. The maximum Gasteiger partial charge on any atom is 0.262 e. The molecule has 0 spiro atoms. The summed E-state index contributed by atoms with van der Waals surface area (Å²) >= 11 is 0. The Kier molecular flexibility index (Phi) is 7.05. The first kappa shape index (κ1) is 22.4. The zero-order valence-electron chi connectivity index (χ0n) is 18.1. The average molecular weight is 451 g/mol. The van der Waals surface area contributed by atoms with Gasteiger partial charge < -0.3 is 15.4 Å². The van der Waals surface area contributed by atoms with Crippen LogP contribution in [0.1, 0.15) is 26.3 Å². The van der Waals surface area contributed by atoms with Crippen molar-refractivity contribution in [2.45, 2.75) is 0 Å². The summed E-state index contributed by atoms with van der Waals surface area (Å²) in [5, 5.41) is 5.50. The number of pyridine rings is 1. The Morgan fingerprint density at radius 1 is 0.706 bits per heavy atom. The van der Waals surface area contributed by atoms with E-state index in [1.807, 2.05) is 18.2 Å². The third-order valence-corrected chi connectivity index (χ3v) is 4.85. The van der Waals surface area contributed by atoms with Crippen LogP contribution in [0.5, 0.6) is 5.75 Å². The van der Waals surface area contributed by atoms with Gasteiger partial charge in [-0.15, -0.1) is 0 Å². The first-order valence-electron chi connectivity index (χ1n) is 10.5. The van der Waals surface area contributed by atoms with Gasteiger partial charge in [0.25, 0.3) is 11.8 Å². The van der Waals surface area contributed by atoms with E-state index in [-0.39, 0.29) is 24.2 Å². The van der Waals surface area contributed by atoms with Gasteiger partial charge in [0.1, 0.15) is 5.75 Å². The molecule has 0 aliphatic heterocycles. The number of aromatic nitrogens is 1. The van der Waals surface area contributed by atoms with Crippen molar-refractivity contribution < 1.29 is 19.1 Å². The standard InChI is InChI=1S/C27H21N3O4/c31-25(18-34-24-13-11-20(12-14-24)26(32)19-6-2-1-3-7-19)29-22-9-4-10-23(16-22)30-27(33)21-8-5-15-28-17-21/h1-17H,18H2,(H,29,31)(H,30,33). The van der Waals surface area contributed by atoms with Crippen LogP contribution in [0, 0.1) is 0 Å². The summed E-state index contributed by atoms with van der Waals surface area (Å²) in [4.78, 5) is 41.0. The highest BCUT2D eigenvalue weighted by atomic mass is 16.5.